The van der Waals surface area contributed by atoms with E-state index in [4.69, 9.17) is 0 Å². The molecule has 13 heavy (non-hydrogen) atoms. The molecular formula is C13H18. The fourth-order valence-electron chi connectivity index (χ4n) is 4.53. The molecule has 0 aromatic carbocycles. The molecule has 0 aliphatic heterocycles. The van der Waals surface area contributed by atoms with Gasteiger partial charge in [-0.15, -0.1) is 5.92 Å². The van der Waals surface area contributed by atoms with Gasteiger partial charge in [0.15, 0.2) is 0 Å². The number of hydrogen-bond donors (Lipinski definition) is 0. The van der Waals surface area contributed by atoms with E-state index in [1.807, 2.05) is 6.92 Å². The van der Waals surface area contributed by atoms with Crippen LogP contribution in [0.5, 0.6) is 0 Å². The molecule has 0 saturated heterocycles. The molecule has 4 fully saturated rings. The molecule has 0 radical (unpaired) electrons. The van der Waals surface area contributed by atoms with Crippen LogP contribution in [0, 0.1) is 35.0 Å². The van der Waals surface area contributed by atoms with Gasteiger partial charge in [0, 0.05) is 5.41 Å². The van der Waals surface area contributed by atoms with Crippen molar-refractivity contribution < 1.29 is 0 Å². The summed E-state index contributed by atoms with van der Waals surface area (Å²) in [5, 5.41) is 0. The highest BCUT2D eigenvalue weighted by molar-refractivity contribution is 5.17. The Hall–Kier alpha value is -0.440. The summed E-state index contributed by atoms with van der Waals surface area (Å²) in [5.74, 6) is 9.86. The Morgan fingerprint density at radius 1 is 0.923 bits per heavy atom. The second kappa shape index (κ2) is 2.53. The third kappa shape index (κ3) is 1.13. The first-order valence-corrected chi connectivity index (χ1v) is 5.73. The van der Waals surface area contributed by atoms with Gasteiger partial charge >= 0.3 is 0 Å². The van der Waals surface area contributed by atoms with E-state index in [1.165, 1.54) is 38.5 Å². The van der Waals surface area contributed by atoms with E-state index >= 15 is 0 Å². The Morgan fingerprint density at radius 2 is 1.38 bits per heavy atom. The third-order valence-corrected chi connectivity index (χ3v) is 4.43. The summed E-state index contributed by atoms with van der Waals surface area (Å²) in [7, 11) is 0. The van der Waals surface area contributed by atoms with E-state index < -0.39 is 0 Å². The second-order valence-electron chi connectivity index (χ2n) is 5.57. The zero-order valence-corrected chi connectivity index (χ0v) is 8.47. The summed E-state index contributed by atoms with van der Waals surface area (Å²) in [6.45, 7) is 2.01. The molecule has 0 nitrogen and oxygen atoms in total. The molecule has 0 heterocycles. The highest BCUT2D eigenvalue weighted by Gasteiger charge is 2.49. The molecule has 0 N–H and O–H groups in total. The van der Waals surface area contributed by atoms with Crippen molar-refractivity contribution in [3.8, 4) is 11.8 Å². The molecule has 4 saturated carbocycles. The lowest BCUT2D eigenvalue weighted by molar-refractivity contribution is -0.0181. The minimum atomic E-state index is 0.490. The van der Waals surface area contributed by atoms with Crippen LogP contribution in [0.2, 0.25) is 0 Å². The average molecular weight is 174 g/mol. The van der Waals surface area contributed by atoms with Gasteiger partial charge in [0.1, 0.15) is 0 Å². The Kier molecular flexibility index (Phi) is 1.54. The number of rotatable bonds is 0. The van der Waals surface area contributed by atoms with E-state index in [9.17, 15) is 0 Å². The third-order valence-electron chi connectivity index (χ3n) is 4.43. The van der Waals surface area contributed by atoms with Crippen LogP contribution in [0.1, 0.15) is 45.4 Å². The van der Waals surface area contributed by atoms with E-state index in [0.29, 0.717) is 5.41 Å². The van der Waals surface area contributed by atoms with Crippen molar-refractivity contribution >= 4 is 0 Å². The van der Waals surface area contributed by atoms with Gasteiger partial charge in [-0.2, -0.15) is 0 Å². The maximum atomic E-state index is 3.54. The molecule has 0 aromatic rings. The van der Waals surface area contributed by atoms with E-state index in [-0.39, 0.29) is 0 Å². The first-order chi connectivity index (χ1) is 6.30. The van der Waals surface area contributed by atoms with E-state index in [1.54, 1.807) is 0 Å². The topological polar surface area (TPSA) is 0 Å². The Balaban J connectivity index is 1.94. The molecule has 0 spiro atoms. The Bertz CT molecular complexity index is 241. The molecule has 0 unspecified atom stereocenters. The smallest absolute Gasteiger partial charge is 0.0322 e. The van der Waals surface area contributed by atoms with E-state index in [0.717, 1.165) is 17.8 Å². The molecule has 4 aliphatic carbocycles. The Morgan fingerprint density at radius 3 is 1.77 bits per heavy atom. The van der Waals surface area contributed by atoms with Crippen molar-refractivity contribution in [3.05, 3.63) is 0 Å². The molecule has 0 aromatic heterocycles. The largest absolute Gasteiger partial charge is 0.106 e. The minimum absolute atomic E-state index is 0.490. The SMILES string of the molecule is CC#CC12CC3CC(CC(C3)C1)C2. The standard InChI is InChI=1S/C13H18/c1-2-3-13-7-10-4-11(8-13)6-12(5-10)9-13/h10-12H,4-9H2,1H3. The second-order valence-corrected chi connectivity index (χ2v) is 5.57. The van der Waals surface area contributed by atoms with Gasteiger partial charge in [-0.3, -0.25) is 0 Å². The Labute approximate surface area is 81.1 Å². The van der Waals surface area contributed by atoms with Gasteiger partial charge in [0.2, 0.25) is 0 Å². The maximum Gasteiger partial charge on any atom is 0.0322 e. The van der Waals surface area contributed by atoms with Crippen LogP contribution in [0.25, 0.3) is 0 Å². The van der Waals surface area contributed by atoms with Crippen molar-refractivity contribution in [1.29, 1.82) is 0 Å². The van der Waals surface area contributed by atoms with Crippen LogP contribution in [0.4, 0.5) is 0 Å². The summed E-state index contributed by atoms with van der Waals surface area (Å²) in [6.07, 6.45) is 8.89. The molecule has 0 heteroatoms. The summed E-state index contributed by atoms with van der Waals surface area (Å²) in [4.78, 5) is 0. The van der Waals surface area contributed by atoms with Gasteiger partial charge in [-0.1, -0.05) is 5.92 Å². The normalized spacial score (nSPS) is 51.6. The predicted molar refractivity (Wildman–Crippen MR) is 54.1 cm³/mol. The monoisotopic (exact) mass is 174 g/mol. The quantitative estimate of drug-likeness (QED) is 0.495. The van der Waals surface area contributed by atoms with Crippen molar-refractivity contribution in [2.24, 2.45) is 23.2 Å². The van der Waals surface area contributed by atoms with Crippen LogP contribution in [0.15, 0.2) is 0 Å². The highest BCUT2D eigenvalue weighted by atomic mass is 14.5. The lowest BCUT2D eigenvalue weighted by Crippen LogP contribution is -2.45. The van der Waals surface area contributed by atoms with Gasteiger partial charge < -0.3 is 0 Å². The summed E-state index contributed by atoms with van der Waals surface area (Å²) < 4.78 is 0. The molecule has 0 amide bonds. The van der Waals surface area contributed by atoms with Crippen LogP contribution in [-0.4, -0.2) is 0 Å². The highest BCUT2D eigenvalue weighted by Crippen LogP contribution is 2.59. The van der Waals surface area contributed by atoms with Crippen LogP contribution < -0.4 is 0 Å². The number of hydrogen-bond acceptors (Lipinski definition) is 0. The molecular weight excluding hydrogens is 156 g/mol. The van der Waals surface area contributed by atoms with Gasteiger partial charge in [-0.05, 0) is 63.2 Å². The molecule has 4 rings (SSSR count). The van der Waals surface area contributed by atoms with Crippen LogP contribution in [-0.2, 0) is 0 Å². The van der Waals surface area contributed by atoms with Gasteiger partial charge in [-0.25, -0.2) is 0 Å². The molecule has 4 aliphatic rings. The van der Waals surface area contributed by atoms with Crippen molar-refractivity contribution in [2.75, 3.05) is 0 Å². The summed E-state index contributed by atoms with van der Waals surface area (Å²) >= 11 is 0. The van der Waals surface area contributed by atoms with E-state index in [2.05, 4.69) is 11.8 Å². The van der Waals surface area contributed by atoms with Crippen molar-refractivity contribution in [2.45, 2.75) is 45.4 Å². The van der Waals surface area contributed by atoms with Crippen LogP contribution >= 0.6 is 0 Å². The van der Waals surface area contributed by atoms with Gasteiger partial charge in [0.05, 0.1) is 0 Å². The average Bonchev–Trinajstić information content (AvgIpc) is 2.00. The summed E-state index contributed by atoms with van der Waals surface area (Å²) in [5.41, 5.74) is 0.490. The van der Waals surface area contributed by atoms with Crippen molar-refractivity contribution in [3.63, 3.8) is 0 Å². The maximum absolute atomic E-state index is 3.54. The van der Waals surface area contributed by atoms with Crippen molar-refractivity contribution in [1.82, 2.24) is 0 Å². The molecule has 70 valence electrons. The fourth-order valence-corrected chi connectivity index (χ4v) is 4.53. The molecule has 4 bridgehead atoms. The lowest BCUT2D eigenvalue weighted by atomic mass is 9.50. The summed E-state index contributed by atoms with van der Waals surface area (Å²) in [6, 6.07) is 0. The zero-order chi connectivity index (χ0) is 8.89. The zero-order valence-electron chi connectivity index (χ0n) is 8.47. The minimum Gasteiger partial charge on any atom is -0.106 e. The van der Waals surface area contributed by atoms with Gasteiger partial charge in [0.25, 0.3) is 0 Å². The van der Waals surface area contributed by atoms with Crippen LogP contribution in [0.3, 0.4) is 0 Å². The fraction of sp³-hybridized carbons (Fsp3) is 0.846. The predicted octanol–water partition coefficient (Wildman–Crippen LogP) is 3.23. The lowest BCUT2D eigenvalue weighted by Gasteiger charge is -2.54. The first-order valence-electron chi connectivity index (χ1n) is 5.73. The molecule has 0 atom stereocenters. The first kappa shape index (κ1) is 7.92.